The molecule has 0 aromatic heterocycles. The molecule has 4 aromatic carbocycles. The maximum absolute atomic E-state index is 15.1. The van der Waals surface area contributed by atoms with Crippen LogP contribution in [0.2, 0.25) is 0 Å². The van der Waals surface area contributed by atoms with Crippen LogP contribution in [0.5, 0.6) is 23.0 Å². The first kappa shape index (κ1) is 30.4. The Morgan fingerprint density at radius 1 is 0.913 bits per heavy atom. The Kier molecular flexibility index (Phi) is 9.00. The van der Waals surface area contributed by atoms with Gasteiger partial charge in [-0.3, -0.25) is 14.4 Å². The summed E-state index contributed by atoms with van der Waals surface area (Å²) in [6, 6.07) is 24.6. The average molecular weight is 626 g/mol. The highest BCUT2D eigenvalue weighted by Gasteiger charge is 2.38. The number of amides is 3. The SMILES string of the molecule is COc1cccc(OCC(=O)N2C[C@@H]3NC(=O)c4cc(ccc4F)-c4cccc(c4)OCC(=O)NCc4ccc(cc4)O[C@H]3C2)c1. The number of nitrogens with zero attached hydrogens (tertiary/aromatic N) is 1. The van der Waals surface area contributed by atoms with Gasteiger partial charge in [-0.25, -0.2) is 4.39 Å². The summed E-state index contributed by atoms with van der Waals surface area (Å²) < 4.78 is 37.9. The second-order valence-corrected chi connectivity index (χ2v) is 10.9. The van der Waals surface area contributed by atoms with Gasteiger partial charge in [0.25, 0.3) is 17.7 Å². The van der Waals surface area contributed by atoms with Gasteiger partial charge >= 0.3 is 0 Å². The summed E-state index contributed by atoms with van der Waals surface area (Å²) in [5, 5.41) is 5.73. The Morgan fingerprint density at radius 2 is 1.70 bits per heavy atom. The number of hydrogen-bond acceptors (Lipinski definition) is 7. The fourth-order valence-corrected chi connectivity index (χ4v) is 5.31. The Bertz CT molecular complexity index is 1750. The zero-order valence-electron chi connectivity index (χ0n) is 25.0. The molecule has 3 aliphatic rings. The van der Waals surface area contributed by atoms with Crippen LogP contribution in [0.3, 0.4) is 0 Å². The summed E-state index contributed by atoms with van der Waals surface area (Å²) >= 11 is 0. The molecule has 2 atom stereocenters. The van der Waals surface area contributed by atoms with Gasteiger partial charge in [0.2, 0.25) is 0 Å². The molecular formula is C35H32FN3O7. The van der Waals surface area contributed by atoms with Crippen LogP contribution in [-0.4, -0.2) is 68.2 Å². The molecule has 0 spiro atoms. The molecule has 0 unspecified atom stereocenters. The van der Waals surface area contributed by atoms with Crippen LogP contribution < -0.4 is 29.6 Å². The molecule has 0 saturated carbocycles. The predicted molar refractivity (Wildman–Crippen MR) is 166 cm³/mol. The monoisotopic (exact) mass is 625 g/mol. The van der Waals surface area contributed by atoms with E-state index in [1.54, 1.807) is 78.7 Å². The molecule has 236 valence electrons. The average Bonchev–Trinajstić information content (AvgIpc) is 3.47. The normalized spacial score (nSPS) is 17.9. The Morgan fingerprint density at radius 3 is 2.52 bits per heavy atom. The van der Waals surface area contributed by atoms with Gasteiger partial charge in [-0.05, 0) is 65.2 Å². The van der Waals surface area contributed by atoms with Crippen LogP contribution in [-0.2, 0) is 16.1 Å². The van der Waals surface area contributed by atoms with E-state index in [-0.39, 0.29) is 43.7 Å². The number of carbonyl (C=O) groups is 3. The quantitative estimate of drug-likeness (QED) is 0.353. The summed E-state index contributed by atoms with van der Waals surface area (Å²) in [5.74, 6) is 0.0877. The summed E-state index contributed by atoms with van der Waals surface area (Å²) in [6.45, 7) is 0.156. The van der Waals surface area contributed by atoms with E-state index < -0.39 is 23.9 Å². The number of likely N-dealkylation sites (tertiary alicyclic amines) is 1. The number of carbonyl (C=O) groups excluding carboxylic acids is 3. The molecule has 1 fully saturated rings. The third-order valence-electron chi connectivity index (χ3n) is 7.79. The molecule has 1 saturated heterocycles. The highest BCUT2D eigenvalue weighted by Crippen LogP contribution is 2.27. The summed E-state index contributed by atoms with van der Waals surface area (Å²) in [7, 11) is 1.54. The molecule has 0 aliphatic carbocycles. The number of benzene rings is 4. The van der Waals surface area contributed by atoms with E-state index in [0.29, 0.717) is 40.7 Å². The molecule has 2 N–H and O–H groups in total. The van der Waals surface area contributed by atoms with Gasteiger partial charge in [-0.1, -0.05) is 36.4 Å². The molecule has 0 radical (unpaired) electrons. The van der Waals surface area contributed by atoms with Crippen LogP contribution in [0.1, 0.15) is 15.9 Å². The maximum atomic E-state index is 15.1. The van der Waals surface area contributed by atoms with Crippen LogP contribution in [0.15, 0.2) is 91.0 Å². The van der Waals surface area contributed by atoms with Gasteiger partial charge in [-0.2, -0.15) is 0 Å². The lowest BCUT2D eigenvalue weighted by Crippen LogP contribution is -2.45. The van der Waals surface area contributed by atoms with Crippen molar-refractivity contribution in [3.8, 4) is 34.1 Å². The summed E-state index contributed by atoms with van der Waals surface area (Å²) in [6.07, 6.45) is -0.638. The van der Waals surface area contributed by atoms with E-state index in [0.717, 1.165) is 5.56 Å². The van der Waals surface area contributed by atoms with Gasteiger partial charge in [-0.15, -0.1) is 0 Å². The number of rotatable bonds is 4. The fourth-order valence-electron chi connectivity index (χ4n) is 5.31. The molecule has 6 bridgehead atoms. The molecule has 11 heteroatoms. The van der Waals surface area contributed by atoms with Crippen molar-refractivity contribution in [3.63, 3.8) is 0 Å². The van der Waals surface area contributed by atoms with Crippen molar-refractivity contribution in [3.05, 3.63) is 108 Å². The van der Waals surface area contributed by atoms with Crippen LogP contribution in [0, 0.1) is 5.82 Å². The third kappa shape index (κ3) is 7.20. The summed E-state index contributed by atoms with van der Waals surface area (Å²) in [4.78, 5) is 40.8. The second-order valence-electron chi connectivity index (χ2n) is 10.9. The summed E-state index contributed by atoms with van der Waals surface area (Å²) in [5.41, 5.74) is 1.94. The molecule has 3 heterocycles. The van der Waals surface area contributed by atoms with Crippen molar-refractivity contribution >= 4 is 17.7 Å². The molecule has 46 heavy (non-hydrogen) atoms. The first-order chi connectivity index (χ1) is 22.3. The molecule has 7 rings (SSSR count). The molecule has 4 aromatic rings. The van der Waals surface area contributed by atoms with E-state index in [4.69, 9.17) is 18.9 Å². The molecule has 10 nitrogen and oxygen atoms in total. The fraction of sp³-hybridized carbons (Fsp3) is 0.229. The van der Waals surface area contributed by atoms with E-state index in [9.17, 15) is 14.4 Å². The molecular weight excluding hydrogens is 593 g/mol. The topological polar surface area (TPSA) is 115 Å². The zero-order chi connectivity index (χ0) is 32.0. The van der Waals surface area contributed by atoms with Gasteiger partial charge in [0, 0.05) is 19.2 Å². The van der Waals surface area contributed by atoms with Gasteiger partial charge < -0.3 is 34.5 Å². The first-order valence-corrected chi connectivity index (χ1v) is 14.8. The third-order valence-corrected chi connectivity index (χ3v) is 7.79. The lowest BCUT2D eigenvalue weighted by Gasteiger charge is -2.21. The van der Waals surface area contributed by atoms with Crippen molar-refractivity contribution < 1.29 is 37.7 Å². The predicted octanol–water partition coefficient (Wildman–Crippen LogP) is 3.98. The Hall–Kier alpha value is -5.58. The zero-order valence-corrected chi connectivity index (χ0v) is 25.0. The highest BCUT2D eigenvalue weighted by molar-refractivity contribution is 5.96. The van der Waals surface area contributed by atoms with Crippen molar-refractivity contribution in [1.29, 1.82) is 0 Å². The highest BCUT2D eigenvalue weighted by atomic mass is 19.1. The van der Waals surface area contributed by atoms with Gasteiger partial charge in [0.05, 0.1) is 25.3 Å². The van der Waals surface area contributed by atoms with Gasteiger partial charge in [0.15, 0.2) is 13.2 Å². The number of hydrogen-bond donors (Lipinski definition) is 2. The lowest BCUT2D eigenvalue weighted by molar-refractivity contribution is -0.132. The first-order valence-electron chi connectivity index (χ1n) is 14.8. The van der Waals surface area contributed by atoms with Crippen LogP contribution in [0.4, 0.5) is 4.39 Å². The van der Waals surface area contributed by atoms with E-state index in [1.165, 1.54) is 12.1 Å². The minimum atomic E-state index is -0.696. The smallest absolute Gasteiger partial charge is 0.260 e. The van der Waals surface area contributed by atoms with Crippen molar-refractivity contribution in [2.75, 3.05) is 33.4 Å². The Balaban J connectivity index is 1.26. The number of methoxy groups -OCH3 is 1. The van der Waals surface area contributed by atoms with Crippen LogP contribution >= 0.6 is 0 Å². The number of nitrogens with one attached hydrogen (secondary N) is 2. The number of fused-ring (bicyclic) bond motifs is 7. The van der Waals surface area contributed by atoms with Gasteiger partial charge in [0.1, 0.15) is 34.9 Å². The Labute approximate surface area is 265 Å². The minimum absolute atomic E-state index is 0.127. The molecule has 3 aliphatic heterocycles. The maximum Gasteiger partial charge on any atom is 0.260 e. The van der Waals surface area contributed by atoms with E-state index >= 15 is 4.39 Å². The van der Waals surface area contributed by atoms with Crippen molar-refractivity contribution in [2.24, 2.45) is 0 Å². The lowest BCUT2D eigenvalue weighted by atomic mass is 10.0. The van der Waals surface area contributed by atoms with E-state index in [1.807, 2.05) is 12.1 Å². The standard InChI is InChI=1S/C35H32FN3O7/c1-43-26-5-3-7-28(16-26)45-21-34(41)39-18-31-32(19-39)46-25-11-8-22(9-12-25)17-37-33(40)20-44-27-6-2-4-23(14-27)24-10-13-30(36)29(15-24)35(42)38-31/h2-16,31-32H,17-21H2,1H3,(H,37,40)(H,38,42)/t31-,32-/m0/s1. The van der Waals surface area contributed by atoms with Crippen molar-refractivity contribution in [2.45, 2.75) is 18.7 Å². The largest absolute Gasteiger partial charge is 0.497 e. The van der Waals surface area contributed by atoms with Crippen molar-refractivity contribution in [1.82, 2.24) is 15.5 Å². The number of halogens is 1. The van der Waals surface area contributed by atoms with E-state index in [2.05, 4.69) is 10.6 Å². The minimum Gasteiger partial charge on any atom is -0.497 e. The second kappa shape index (κ2) is 13.6. The molecule has 3 amide bonds. The van der Waals surface area contributed by atoms with Crippen LogP contribution in [0.25, 0.3) is 11.1 Å². The number of ether oxygens (including phenoxy) is 4.